The zero-order chi connectivity index (χ0) is 21.8. The molecular formula is C23H19N3O4S. The van der Waals surface area contributed by atoms with Gasteiger partial charge in [-0.1, -0.05) is 47.7 Å². The van der Waals surface area contributed by atoms with Gasteiger partial charge in [0.2, 0.25) is 0 Å². The Morgan fingerprint density at radius 2 is 1.90 bits per heavy atom. The van der Waals surface area contributed by atoms with Crippen LogP contribution in [0.25, 0.3) is 10.2 Å². The molecular weight excluding hydrogens is 414 g/mol. The fourth-order valence-electron chi connectivity index (χ4n) is 3.17. The van der Waals surface area contributed by atoms with Crippen LogP contribution in [-0.2, 0) is 6.54 Å². The van der Waals surface area contributed by atoms with Gasteiger partial charge in [-0.2, -0.15) is 0 Å². The van der Waals surface area contributed by atoms with Crippen LogP contribution in [0.3, 0.4) is 0 Å². The van der Waals surface area contributed by atoms with E-state index in [4.69, 9.17) is 4.74 Å². The molecule has 4 rings (SSSR count). The van der Waals surface area contributed by atoms with Crippen LogP contribution < -0.4 is 9.64 Å². The van der Waals surface area contributed by atoms with Crippen molar-refractivity contribution < 1.29 is 14.5 Å². The first kappa shape index (κ1) is 20.5. The summed E-state index contributed by atoms with van der Waals surface area (Å²) in [6.45, 7) is 2.77. The lowest BCUT2D eigenvalue weighted by atomic mass is 10.1. The summed E-state index contributed by atoms with van der Waals surface area (Å²) < 4.78 is 6.46. The predicted octanol–water partition coefficient (Wildman–Crippen LogP) is 5.45. The SMILES string of the molecule is CCOc1ccc2nc(N(Cc3ccccc3)C(=O)c3cccc([N+](=O)[O-])c3)sc2c1. The number of ether oxygens (including phenoxy) is 1. The third kappa shape index (κ3) is 4.54. The average Bonchev–Trinajstić information content (AvgIpc) is 3.21. The smallest absolute Gasteiger partial charge is 0.270 e. The Bertz CT molecular complexity index is 1240. The summed E-state index contributed by atoms with van der Waals surface area (Å²) in [7, 11) is 0. The molecule has 0 aliphatic heterocycles. The highest BCUT2D eigenvalue weighted by Crippen LogP contribution is 2.33. The number of thiazole rings is 1. The number of nitro benzene ring substituents is 1. The van der Waals surface area contributed by atoms with E-state index in [-0.39, 0.29) is 17.2 Å². The van der Waals surface area contributed by atoms with Crippen LogP contribution in [0, 0.1) is 10.1 Å². The number of hydrogen-bond acceptors (Lipinski definition) is 6. The molecule has 1 heterocycles. The number of amides is 1. The molecule has 4 aromatic rings. The molecule has 0 unspecified atom stereocenters. The van der Waals surface area contributed by atoms with Gasteiger partial charge in [-0.05, 0) is 36.8 Å². The predicted molar refractivity (Wildman–Crippen MR) is 121 cm³/mol. The summed E-state index contributed by atoms with van der Waals surface area (Å²) in [4.78, 5) is 30.3. The molecule has 1 aromatic heterocycles. The Morgan fingerprint density at radius 1 is 1.10 bits per heavy atom. The highest BCUT2D eigenvalue weighted by molar-refractivity contribution is 7.22. The molecule has 0 aliphatic rings. The largest absolute Gasteiger partial charge is 0.494 e. The second-order valence-electron chi connectivity index (χ2n) is 6.74. The lowest BCUT2D eigenvalue weighted by Crippen LogP contribution is -2.30. The summed E-state index contributed by atoms with van der Waals surface area (Å²) in [5.74, 6) is 0.390. The van der Waals surface area contributed by atoms with Crippen LogP contribution in [0.15, 0.2) is 72.8 Å². The van der Waals surface area contributed by atoms with Gasteiger partial charge in [-0.3, -0.25) is 19.8 Å². The van der Waals surface area contributed by atoms with E-state index in [0.29, 0.717) is 18.3 Å². The zero-order valence-electron chi connectivity index (χ0n) is 16.7. The number of benzene rings is 3. The van der Waals surface area contributed by atoms with Crippen LogP contribution in [-0.4, -0.2) is 22.4 Å². The van der Waals surface area contributed by atoms with E-state index >= 15 is 0 Å². The van der Waals surface area contributed by atoms with E-state index in [2.05, 4.69) is 4.98 Å². The number of rotatable bonds is 7. The Morgan fingerprint density at radius 3 is 2.65 bits per heavy atom. The number of nitrogens with zero attached hydrogens (tertiary/aromatic N) is 3. The molecule has 7 nitrogen and oxygen atoms in total. The standard InChI is InChI=1S/C23H19N3O4S/c1-2-30-19-11-12-20-21(14-19)31-23(24-20)25(15-16-7-4-3-5-8-16)22(27)17-9-6-10-18(13-17)26(28)29/h3-14H,2,15H2,1H3. The van der Waals surface area contributed by atoms with Crippen LogP contribution in [0.5, 0.6) is 5.75 Å². The number of nitro groups is 1. The first-order valence-electron chi connectivity index (χ1n) is 9.69. The molecule has 0 fully saturated rings. The van der Waals surface area contributed by atoms with Crippen LogP contribution in [0.2, 0.25) is 0 Å². The maximum absolute atomic E-state index is 13.4. The van der Waals surface area contributed by atoms with Crippen molar-refractivity contribution in [3.8, 4) is 5.75 Å². The Labute approximate surface area is 182 Å². The lowest BCUT2D eigenvalue weighted by Gasteiger charge is -2.20. The summed E-state index contributed by atoms with van der Waals surface area (Å²) in [6, 6.07) is 20.9. The van der Waals surface area contributed by atoms with E-state index in [1.807, 2.05) is 55.5 Å². The molecule has 0 spiro atoms. The zero-order valence-corrected chi connectivity index (χ0v) is 17.5. The van der Waals surface area contributed by atoms with Crippen molar-refractivity contribution in [1.82, 2.24) is 4.98 Å². The van der Waals surface area contributed by atoms with Crippen molar-refractivity contribution in [2.45, 2.75) is 13.5 Å². The Kier molecular flexibility index (Phi) is 5.90. The number of aromatic nitrogens is 1. The highest BCUT2D eigenvalue weighted by Gasteiger charge is 2.23. The normalized spacial score (nSPS) is 10.7. The van der Waals surface area contributed by atoms with Gasteiger partial charge in [-0.15, -0.1) is 0 Å². The van der Waals surface area contributed by atoms with Crippen molar-refractivity contribution in [1.29, 1.82) is 0 Å². The van der Waals surface area contributed by atoms with Gasteiger partial charge < -0.3 is 4.74 Å². The third-order valence-corrected chi connectivity index (χ3v) is 5.66. The summed E-state index contributed by atoms with van der Waals surface area (Å²) in [6.07, 6.45) is 0. The minimum absolute atomic E-state index is 0.129. The van der Waals surface area contributed by atoms with Crippen molar-refractivity contribution in [3.63, 3.8) is 0 Å². The number of hydrogen-bond donors (Lipinski definition) is 0. The summed E-state index contributed by atoms with van der Waals surface area (Å²) >= 11 is 1.38. The topological polar surface area (TPSA) is 85.6 Å². The molecule has 0 atom stereocenters. The molecule has 31 heavy (non-hydrogen) atoms. The van der Waals surface area contributed by atoms with Gasteiger partial charge >= 0.3 is 0 Å². The van der Waals surface area contributed by atoms with Gasteiger partial charge in [0.05, 0.1) is 28.3 Å². The molecule has 3 aromatic carbocycles. The van der Waals surface area contributed by atoms with Crippen molar-refractivity contribution in [3.05, 3.63) is 94.0 Å². The van der Waals surface area contributed by atoms with Gasteiger partial charge in [0, 0.05) is 17.7 Å². The molecule has 0 bridgehead atoms. The monoisotopic (exact) mass is 433 g/mol. The third-order valence-electron chi connectivity index (χ3n) is 4.62. The van der Waals surface area contributed by atoms with Gasteiger partial charge in [-0.25, -0.2) is 4.98 Å². The van der Waals surface area contributed by atoms with Gasteiger partial charge in [0.15, 0.2) is 5.13 Å². The van der Waals surface area contributed by atoms with Gasteiger partial charge in [0.1, 0.15) is 5.75 Å². The fourth-order valence-corrected chi connectivity index (χ4v) is 4.16. The second-order valence-corrected chi connectivity index (χ2v) is 7.75. The lowest BCUT2D eigenvalue weighted by molar-refractivity contribution is -0.384. The molecule has 0 radical (unpaired) electrons. The maximum atomic E-state index is 13.4. The first-order chi connectivity index (χ1) is 15.0. The average molecular weight is 433 g/mol. The number of carbonyl (C=O) groups is 1. The van der Waals surface area contributed by atoms with Crippen LogP contribution in [0.4, 0.5) is 10.8 Å². The molecule has 0 N–H and O–H groups in total. The molecule has 156 valence electrons. The van der Waals surface area contributed by atoms with Gasteiger partial charge in [0.25, 0.3) is 11.6 Å². The minimum Gasteiger partial charge on any atom is -0.494 e. The second kappa shape index (κ2) is 8.93. The van der Waals surface area contributed by atoms with Crippen LogP contribution >= 0.6 is 11.3 Å². The Balaban J connectivity index is 1.75. The maximum Gasteiger partial charge on any atom is 0.270 e. The molecule has 1 amide bonds. The van der Waals surface area contributed by atoms with E-state index in [0.717, 1.165) is 21.5 Å². The van der Waals surface area contributed by atoms with Crippen molar-refractivity contribution in [2.75, 3.05) is 11.5 Å². The summed E-state index contributed by atoms with van der Waals surface area (Å²) in [5, 5.41) is 11.7. The Hall–Kier alpha value is -3.78. The van der Waals surface area contributed by atoms with E-state index in [9.17, 15) is 14.9 Å². The first-order valence-corrected chi connectivity index (χ1v) is 10.5. The highest BCUT2D eigenvalue weighted by atomic mass is 32.1. The number of anilines is 1. The van der Waals surface area contributed by atoms with Crippen LogP contribution in [0.1, 0.15) is 22.8 Å². The molecule has 0 saturated heterocycles. The van der Waals surface area contributed by atoms with E-state index < -0.39 is 4.92 Å². The summed E-state index contributed by atoms with van der Waals surface area (Å²) in [5.41, 5.74) is 1.79. The number of fused-ring (bicyclic) bond motifs is 1. The van der Waals surface area contributed by atoms with Crippen molar-refractivity contribution >= 4 is 38.3 Å². The van der Waals surface area contributed by atoms with Crippen molar-refractivity contribution in [2.24, 2.45) is 0 Å². The fraction of sp³-hybridized carbons (Fsp3) is 0.130. The number of non-ortho nitro benzene ring substituents is 1. The molecule has 8 heteroatoms. The van der Waals surface area contributed by atoms with E-state index in [1.165, 1.54) is 29.5 Å². The minimum atomic E-state index is -0.509. The molecule has 0 aliphatic carbocycles. The molecule has 0 saturated carbocycles. The number of carbonyl (C=O) groups excluding carboxylic acids is 1. The van der Waals surface area contributed by atoms with E-state index in [1.54, 1.807) is 11.0 Å². The quantitative estimate of drug-likeness (QED) is 0.286.